The Labute approximate surface area is 137 Å². The van der Waals surface area contributed by atoms with Crippen molar-refractivity contribution in [3.8, 4) is 0 Å². The van der Waals surface area contributed by atoms with Gasteiger partial charge in [0.15, 0.2) is 0 Å². The molecule has 1 heterocycles. The molecule has 2 rings (SSSR count). The van der Waals surface area contributed by atoms with Gasteiger partial charge in [-0.2, -0.15) is 0 Å². The number of nitrogens with two attached hydrogens (primary N) is 1. The number of primary amides is 1. The average molecular weight is 319 g/mol. The molecule has 1 fully saturated rings. The summed E-state index contributed by atoms with van der Waals surface area (Å²) in [4.78, 5) is 27.2. The van der Waals surface area contributed by atoms with Gasteiger partial charge in [-0.1, -0.05) is 0 Å². The van der Waals surface area contributed by atoms with Gasteiger partial charge in [-0.25, -0.2) is 4.79 Å². The molecule has 6 nitrogen and oxygen atoms in total. The number of carbonyl (C=O) groups excluding carboxylic acids is 2. The number of piperazine rings is 1. The topological polar surface area (TPSA) is 75.9 Å². The molecule has 1 aromatic carbocycles. The van der Waals surface area contributed by atoms with Crippen molar-refractivity contribution in [1.29, 1.82) is 0 Å². The Hall–Kier alpha value is -2.24. The molecule has 1 aliphatic rings. The van der Waals surface area contributed by atoms with Crippen LogP contribution in [-0.4, -0.2) is 48.2 Å². The van der Waals surface area contributed by atoms with Crippen molar-refractivity contribution < 1.29 is 14.3 Å². The van der Waals surface area contributed by atoms with E-state index in [0.717, 1.165) is 12.2 Å². The van der Waals surface area contributed by atoms with Crippen molar-refractivity contribution in [2.75, 3.05) is 24.5 Å². The van der Waals surface area contributed by atoms with E-state index < -0.39 is 11.5 Å². The predicted octanol–water partition coefficient (Wildman–Crippen LogP) is 2.23. The van der Waals surface area contributed by atoms with Crippen LogP contribution in [0.25, 0.3) is 0 Å². The molecular weight excluding hydrogens is 294 g/mol. The van der Waals surface area contributed by atoms with Gasteiger partial charge in [0.05, 0.1) is 0 Å². The van der Waals surface area contributed by atoms with E-state index in [0.29, 0.717) is 18.7 Å². The monoisotopic (exact) mass is 319 g/mol. The van der Waals surface area contributed by atoms with Gasteiger partial charge in [-0.15, -0.1) is 0 Å². The molecule has 2 N–H and O–H groups in total. The van der Waals surface area contributed by atoms with Crippen LogP contribution in [0.4, 0.5) is 10.5 Å². The molecule has 2 amide bonds. The highest BCUT2D eigenvalue weighted by Crippen LogP contribution is 2.22. The van der Waals surface area contributed by atoms with Crippen LogP contribution in [-0.2, 0) is 4.74 Å². The molecule has 0 radical (unpaired) electrons. The first-order valence-corrected chi connectivity index (χ1v) is 7.82. The van der Waals surface area contributed by atoms with Gasteiger partial charge in [0, 0.05) is 36.9 Å². The predicted molar refractivity (Wildman–Crippen MR) is 89.6 cm³/mol. The van der Waals surface area contributed by atoms with Gasteiger partial charge in [0.1, 0.15) is 5.60 Å². The molecule has 0 aliphatic carbocycles. The lowest BCUT2D eigenvalue weighted by molar-refractivity contribution is 0.0218. The first kappa shape index (κ1) is 17.1. The maximum absolute atomic E-state index is 12.2. The van der Waals surface area contributed by atoms with Gasteiger partial charge >= 0.3 is 6.09 Å². The molecule has 1 atom stereocenters. The van der Waals surface area contributed by atoms with Crippen LogP contribution in [0.2, 0.25) is 0 Å². The lowest BCUT2D eigenvalue weighted by Crippen LogP contribution is -2.54. The van der Waals surface area contributed by atoms with Crippen LogP contribution in [0.15, 0.2) is 24.3 Å². The van der Waals surface area contributed by atoms with Crippen LogP contribution < -0.4 is 10.6 Å². The number of hydrogen-bond acceptors (Lipinski definition) is 4. The number of benzene rings is 1. The number of amides is 2. The van der Waals surface area contributed by atoms with Gasteiger partial charge in [-0.3, -0.25) is 4.79 Å². The molecule has 126 valence electrons. The second-order valence-corrected chi connectivity index (χ2v) is 6.88. The Morgan fingerprint density at radius 3 is 2.26 bits per heavy atom. The molecule has 1 aromatic rings. The molecule has 1 saturated heterocycles. The van der Waals surface area contributed by atoms with Crippen molar-refractivity contribution in [3.63, 3.8) is 0 Å². The van der Waals surface area contributed by atoms with E-state index in [9.17, 15) is 9.59 Å². The summed E-state index contributed by atoms with van der Waals surface area (Å²) in [7, 11) is 0. The maximum atomic E-state index is 12.2. The van der Waals surface area contributed by atoms with E-state index in [1.54, 1.807) is 17.0 Å². The lowest BCUT2D eigenvalue weighted by atomic mass is 10.1. The zero-order valence-electron chi connectivity index (χ0n) is 14.2. The number of rotatable bonds is 2. The standard InChI is InChI=1S/C17H25N3O3/c1-12-11-19(16(22)23-17(2,3)4)9-10-20(12)14-7-5-13(6-8-14)15(18)21/h5-8,12H,9-11H2,1-4H3,(H2,18,21). The van der Waals surface area contributed by atoms with Crippen LogP contribution in [0.5, 0.6) is 0 Å². The van der Waals surface area contributed by atoms with Gasteiger partial charge in [0.25, 0.3) is 0 Å². The fourth-order valence-corrected chi connectivity index (χ4v) is 2.65. The normalized spacial score (nSPS) is 18.7. The fraction of sp³-hybridized carbons (Fsp3) is 0.529. The average Bonchev–Trinajstić information content (AvgIpc) is 2.45. The zero-order chi connectivity index (χ0) is 17.2. The summed E-state index contributed by atoms with van der Waals surface area (Å²) in [5, 5.41) is 0. The highest BCUT2D eigenvalue weighted by molar-refractivity contribution is 5.93. The first-order chi connectivity index (χ1) is 10.7. The summed E-state index contributed by atoms with van der Waals surface area (Å²) in [6.45, 7) is 9.60. The van der Waals surface area contributed by atoms with Crippen LogP contribution in [0.3, 0.4) is 0 Å². The number of hydrogen-bond donors (Lipinski definition) is 1. The maximum Gasteiger partial charge on any atom is 0.410 e. The van der Waals surface area contributed by atoms with E-state index in [4.69, 9.17) is 10.5 Å². The first-order valence-electron chi connectivity index (χ1n) is 7.82. The fourth-order valence-electron chi connectivity index (χ4n) is 2.65. The summed E-state index contributed by atoms with van der Waals surface area (Å²) >= 11 is 0. The molecule has 1 aliphatic heterocycles. The second-order valence-electron chi connectivity index (χ2n) is 6.88. The van der Waals surface area contributed by atoms with E-state index in [1.807, 2.05) is 32.9 Å². The number of anilines is 1. The van der Waals surface area contributed by atoms with E-state index in [-0.39, 0.29) is 12.1 Å². The van der Waals surface area contributed by atoms with Gasteiger partial charge in [-0.05, 0) is 52.0 Å². The van der Waals surface area contributed by atoms with Crippen molar-refractivity contribution in [1.82, 2.24) is 4.90 Å². The molecule has 23 heavy (non-hydrogen) atoms. The Balaban J connectivity index is 2.01. The SMILES string of the molecule is CC1CN(C(=O)OC(C)(C)C)CCN1c1ccc(C(N)=O)cc1. The van der Waals surface area contributed by atoms with Crippen molar-refractivity contribution in [2.24, 2.45) is 5.73 Å². The Bertz CT molecular complexity index is 578. The quantitative estimate of drug-likeness (QED) is 0.907. The molecule has 0 spiro atoms. The van der Waals surface area contributed by atoms with Crippen LogP contribution in [0.1, 0.15) is 38.1 Å². The molecule has 0 aromatic heterocycles. The molecule has 6 heteroatoms. The largest absolute Gasteiger partial charge is 0.444 e. The Morgan fingerprint density at radius 1 is 1.17 bits per heavy atom. The van der Waals surface area contributed by atoms with Crippen molar-refractivity contribution in [2.45, 2.75) is 39.3 Å². The molecular formula is C17H25N3O3. The summed E-state index contributed by atoms with van der Waals surface area (Å²) in [5.74, 6) is -0.431. The highest BCUT2D eigenvalue weighted by Gasteiger charge is 2.29. The zero-order valence-corrected chi connectivity index (χ0v) is 14.2. The number of nitrogens with zero attached hydrogens (tertiary/aromatic N) is 2. The van der Waals surface area contributed by atoms with Crippen LogP contribution in [0, 0.1) is 0 Å². The molecule has 1 unspecified atom stereocenters. The van der Waals surface area contributed by atoms with E-state index in [2.05, 4.69) is 11.8 Å². The van der Waals surface area contributed by atoms with Crippen molar-refractivity contribution >= 4 is 17.7 Å². The third-order valence-corrected chi connectivity index (χ3v) is 3.76. The smallest absolute Gasteiger partial charge is 0.410 e. The molecule has 0 bridgehead atoms. The summed E-state index contributed by atoms with van der Waals surface area (Å²) in [6, 6.07) is 7.39. The van der Waals surface area contributed by atoms with Gasteiger partial charge < -0.3 is 20.3 Å². The second kappa shape index (κ2) is 6.48. The summed E-state index contributed by atoms with van der Waals surface area (Å²) in [6.07, 6.45) is -0.270. The summed E-state index contributed by atoms with van der Waals surface area (Å²) < 4.78 is 5.43. The number of ether oxygens (including phenoxy) is 1. The third kappa shape index (κ3) is 4.37. The molecule has 0 saturated carbocycles. The van der Waals surface area contributed by atoms with E-state index >= 15 is 0 Å². The van der Waals surface area contributed by atoms with Crippen LogP contribution >= 0.6 is 0 Å². The summed E-state index contributed by atoms with van der Waals surface area (Å²) in [5.41, 5.74) is 6.29. The minimum Gasteiger partial charge on any atom is -0.444 e. The minimum absolute atomic E-state index is 0.163. The highest BCUT2D eigenvalue weighted by atomic mass is 16.6. The number of carbonyl (C=O) groups is 2. The third-order valence-electron chi connectivity index (χ3n) is 3.76. The van der Waals surface area contributed by atoms with E-state index in [1.165, 1.54) is 0 Å². The lowest BCUT2D eigenvalue weighted by Gasteiger charge is -2.41. The van der Waals surface area contributed by atoms with Crippen molar-refractivity contribution in [3.05, 3.63) is 29.8 Å². The Kier molecular flexibility index (Phi) is 4.82. The Morgan fingerprint density at radius 2 is 1.78 bits per heavy atom. The van der Waals surface area contributed by atoms with Gasteiger partial charge in [0.2, 0.25) is 5.91 Å². The minimum atomic E-state index is -0.484.